The molecule has 0 fully saturated rings. The van der Waals surface area contributed by atoms with E-state index in [1.54, 1.807) is 30.3 Å². The van der Waals surface area contributed by atoms with E-state index in [9.17, 15) is 9.18 Å². The number of aromatic nitrogens is 1. The third-order valence-electron chi connectivity index (χ3n) is 4.53. The van der Waals surface area contributed by atoms with Crippen molar-refractivity contribution in [3.63, 3.8) is 0 Å². The predicted molar refractivity (Wildman–Crippen MR) is 108 cm³/mol. The van der Waals surface area contributed by atoms with Gasteiger partial charge in [0, 0.05) is 22.7 Å². The number of ether oxygens (including phenoxy) is 1. The van der Waals surface area contributed by atoms with Crippen LogP contribution in [0.2, 0.25) is 0 Å². The minimum absolute atomic E-state index is 0.103. The third kappa shape index (κ3) is 3.43. The molecule has 0 aliphatic rings. The summed E-state index contributed by atoms with van der Waals surface area (Å²) in [5.41, 5.74) is 2.97. The Kier molecular flexibility index (Phi) is 4.96. The minimum atomic E-state index is -0.309. The van der Waals surface area contributed by atoms with E-state index in [1.165, 1.54) is 23.7 Å². The van der Waals surface area contributed by atoms with Crippen LogP contribution in [-0.2, 0) is 13.0 Å². The second-order valence-corrected chi connectivity index (χ2v) is 7.32. The minimum Gasteiger partial charge on any atom is -0.488 e. The SMILES string of the molecule is CCc1cc2c(=O)c(-c3nc(C)cs3)coc2cc1OCc1ccccc1F. The fourth-order valence-electron chi connectivity index (χ4n) is 3.01. The maximum atomic E-state index is 13.8. The molecule has 4 nitrogen and oxygen atoms in total. The Morgan fingerprint density at radius 3 is 2.75 bits per heavy atom. The van der Waals surface area contributed by atoms with Crippen LogP contribution in [-0.4, -0.2) is 4.98 Å². The van der Waals surface area contributed by atoms with Crippen LogP contribution in [0.1, 0.15) is 23.7 Å². The van der Waals surface area contributed by atoms with Crippen LogP contribution >= 0.6 is 11.3 Å². The van der Waals surface area contributed by atoms with Gasteiger partial charge in [0.05, 0.1) is 10.9 Å². The number of nitrogens with zero attached hydrogens (tertiary/aromatic N) is 1. The molecule has 2 aromatic heterocycles. The van der Waals surface area contributed by atoms with E-state index in [0.717, 1.165) is 11.3 Å². The summed E-state index contributed by atoms with van der Waals surface area (Å²) in [5, 5.41) is 3.03. The fourth-order valence-corrected chi connectivity index (χ4v) is 3.81. The summed E-state index contributed by atoms with van der Waals surface area (Å²) in [7, 11) is 0. The van der Waals surface area contributed by atoms with Gasteiger partial charge in [0.2, 0.25) is 5.43 Å². The first-order valence-corrected chi connectivity index (χ1v) is 9.82. The molecule has 0 saturated carbocycles. The van der Waals surface area contributed by atoms with Crippen LogP contribution < -0.4 is 10.2 Å². The van der Waals surface area contributed by atoms with Crippen molar-refractivity contribution in [1.82, 2.24) is 4.98 Å². The Bertz CT molecular complexity index is 1210. The van der Waals surface area contributed by atoms with Gasteiger partial charge in [-0.15, -0.1) is 11.3 Å². The number of hydrogen-bond donors (Lipinski definition) is 0. The Morgan fingerprint density at radius 2 is 2.04 bits per heavy atom. The van der Waals surface area contributed by atoms with Crippen molar-refractivity contribution in [1.29, 1.82) is 0 Å². The number of hydrogen-bond acceptors (Lipinski definition) is 5. The van der Waals surface area contributed by atoms with E-state index in [4.69, 9.17) is 9.15 Å². The van der Waals surface area contributed by atoms with Crippen LogP contribution in [0.15, 0.2) is 57.3 Å². The van der Waals surface area contributed by atoms with E-state index in [1.807, 2.05) is 19.2 Å². The molecule has 4 rings (SSSR count). The standard InChI is InChI=1S/C22H18FNO3S/c1-3-14-8-16-20(9-19(14)26-10-15-6-4-5-7-18(15)23)27-11-17(21(16)25)22-24-13(2)12-28-22/h4-9,11-12H,3,10H2,1-2H3. The zero-order valence-corrected chi connectivity index (χ0v) is 16.3. The maximum absolute atomic E-state index is 13.8. The molecule has 0 N–H and O–H groups in total. The highest BCUT2D eigenvalue weighted by atomic mass is 32.1. The maximum Gasteiger partial charge on any atom is 0.202 e. The highest BCUT2D eigenvalue weighted by molar-refractivity contribution is 7.13. The number of thiazole rings is 1. The lowest BCUT2D eigenvalue weighted by Crippen LogP contribution is -2.06. The molecule has 0 amide bonds. The molecule has 6 heteroatoms. The predicted octanol–water partition coefficient (Wildman–Crippen LogP) is 5.51. The number of halogens is 1. The van der Waals surface area contributed by atoms with E-state index in [2.05, 4.69) is 4.98 Å². The quantitative estimate of drug-likeness (QED) is 0.447. The lowest BCUT2D eigenvalue weighted by molar-refractivity contribution is 0.297. The Morgan fingerprint density at radius 1 is 1.21 bits per heavy atom. The van der Waals surface area contributed by atoms with Gasteiger partial charge in [-0.3, -0.25) is 4.79 Å². The van der Waals surface area contributed by atoms with Crippen molar-refractivity contribution < 1.29 is 13.5 Å². The smallest absolute Gasteiger partial charge is 0.202 e. The molecular formula is C22H18FNO3S. The summed E-state index contributed by atoms with van der Waals surface area (Å²) < 4.78 is 25.4. The number of benzene rings is 2. The van der Waals surface area contributed by atoms with Gasteiger partial charge in [0.15, 0.2) is 0 Å². The third-order valence-corrected chi connectivity index (χ3v) is 5.52. The molecule has 2 heterocycles. The van der Waals surface area contributed by atoms with Crippen molar-refractivity contribution in [3.05, 3.63) is 80.9 Å². The Labute approximate surface area is 165 Å². The first-order valence-electron chi connectivity index (χ1n) is 8.94. The molecule has 0 aliphatic heterocycles. The normalized spacial score (nSPS) is 11.1. The van der Waals surface area contributed by atoms with Crippen molar-refractivity contribution >= 4 is 22.3 Å². The van der Waals surface area contributed by atoms with Crippen molar-refractivity contribution in [2.24, 2.45) is 0 Å². The Hall–Kier alpha value is -2.99. The number of rotatable bonds is 5. The molecule has 2 aromatic carbocycles. The van der Waals surface area contributed by atoms with Crippen molar-refractivity contribution in [3.8, 4) is 16.3 Å². The molecule has 0 saturated heterocycles. The first kappa shape index (κ1) is 18.4. The zero-order valence-electron chi connectivity index (χ0n) is 15.5. The molecule has 0 unspecified atom stereocenters. The van der Waals surface area contributed by atoms with Gasteiger partial charge in [-0.25, -0.2) is 9.37 Å². The zero-order chi connectivity index (χ0) is 19.7. The van der Waals surface area contributed by atoms with Gasteiger partial charge < -0.3 is 9.15 Å². The highest BCUT2D eigenvalue weighted by Crippen LogP contribution is 2.29. The summed E-state index contributed by atoms with van der Waals surface area (Å²) >= 11 is 1.41. The molecule has 0 spiro atoms. The number of fused-ring (bicyclic) bond motifs is 1. The van der Waals surface area contributed by atoms with E-state index >= 15 is 0 Å². The van der Waals surface area contributed by atoms with Gasteiger partial charge in [0.25, 0.3) is 0 Å². The monoisotopic (exact) mass is 395 g/mol. The van der Waals surface area contributed by atoms with Gasteiger partial charge in [-0.05, 0) is 31.0 Å². The van der Waals surface area contributed by atoms with Crippen molar-refractivity contribution in [2.75, 3.05) is 0 Å². The molecule has 142 valence electrons. The van der Waals surface area contributed by atoms with Gasteiger partial charge in [-0.1, -0.05) is 25.1 Å². The van der Waals surface area contributed by atoms with Gasteiger partial charge >= 0.3 is 0 Å². The molecule has 4 aromatic rings. The number of aryl methyl sites for hydroxylation is 2. The summed E-state index contributed by atoms with van der Waals surface area (Å²) in [5.74, 6) is 0.274. The second kappa shape index (κ2) is 7.56. The molecule has 28 heavy (non-hydrogen) atoms. The average Bonchev–Trinajstić information content (AvgIpc) is 3.13. The van der Waals surface area contributed by atoms with Crippen LogP contribution in [0.3, 0.4) is 0 Å². The van der Waals surface area contributed by atoms with Crippen molar-refractivity contribution in [2.45, 2.75) is 26.9 Å². The van der Waals surface area contributed by atoms with Crippen LogP contribution in [0, 0.1) is 12.7 Å². The van der Waals surface area contributed by atoms with E-state index < -0.39 is 0 Å². The summed E-state index contributed by atoms with van der Waals surface area (Å²) in [6, 6.07) is 9.99. The lowest BCUT2D eigenvalue weighted by atomic mass is 10.1. The topological polar surface area (TPSA) is 52.3 Å². The van der Waals surface area contributed by atoms with E-state index in [0.29, 0.717) is 39.3 Å². The Balaban J connectivity index is 1.73. The van der Waals surface area contributed by atoms with Crippen LogP contribution in [0.5, 0.6) is 5.75 Å². The van der Waals surface area contributed by atoms with Crippen LogP contribution in [0.25, 0.3) is 21.5 Å². The first-order chi connectivity index (χ1) is 13.6. The summed E-state index contributed by atoms with van der Waals surface area (Å²) in [4.78, 5) is 17.3. The molecule has 0 aliphatic carbocycles. The molecule has 0 radical (unpaired) electrons. The largest absolute Gasteiger partial charge is 0.488 e. The van der Waals surface area contributed by atoms with Gasteiger partial charge in [0.1, 0.15) is 35.0 Å². The van der Waals surface area contributed by atoms with E-state index in [-0.39, 0.29) is 17.9 Å². The van der Waals surface area contributed by atoms with Gasteiger partial charge in [-0.2, -0.15) is 0 Å². The van der Waals surface area contributed by atoms with Crippen LogP contribution in [0.4, 0.5) is 4.39 Å². The fraction of sp³-hybridized carbons (Fsp3) is 0.182. The second-order valence-electron chi connectivity index (χ2n) is 6.46. The summed E-state index contributed by atoms with van der Waals surface area (Å²) in [6.45, 7) is 3.97. The molecular weight excluding hydrogens is 377 g/mol. The lowest BCUT2D eigenvalue weighted by Gasteiger charge is -2.12. The molecule has 0 bridgehead atoms. The average molecular weight is 395 g/mol. The highest BCUT2D eigenvalue weighted by Gasteiger charge is 2.15. The molecule has 0 atom stereocenters. The summed E-state index contributed by atoms with van der Waals surface area (Å²) in [6.07, 6.45) is 2.11.